The van der Waals surface area contributed by atoms with Crippen LogP contribution in [0, 0.1) is 0 Å². The highest BCUT2D eigenvalue weighted by molar-refractivity contribution is 7.92. The topological polar surface area (TPSA) is 84.9 Å². The number of amides is 1. The molecule has 0 atom stereocenters. The van der Waals surface area contributed by atoms with Crippen LogP contribution in [0.25, 0.3) is 0 Å². The quantitative estimate of drug-likeness (QED) is 0.809. The zero-order valence-electron chi connectivity index (χ0n) is 15.9. The summed E-state index contributed by atoms with van der Waals surface area (Å²) in [7, 11) is -2.52. The van der Waals surface area contributed by atoms with Crippen LogP contribution >= 0.6 is 11.6 Å². The van der Waals surface area contributed by atoms with Gasteiger partial charge in [-0.3, -0.25) is 9.52 Å². The highest BCUT2D eigenvalue weighted by Gasteiger charge is 2.34. The van der Waals surface area contributed by atoms with Gasteiger partial charge in [-0.05, 0) is 50.2 Å². The molecule has 0 aliphatic carbocycles. The summed E-state index contributed by atoms with van der Waals surface area (Å²) in [6.45, 7) is 5.48. The third-order valence-corrected chi connectivity index (χ3v) is 5.84. The largest absolute Gasteiger partial charge is 0.495 e. The van der Waals surface area contributed by atoms with Crippen molar-refractivity contribution in [3.05, 3.63) is 41.4 Å². The predicted molar refractivity (Wildman–Crippen MR) is 108 cm³/mol. The van der Waals surface area contributed by atoms with E-state index in [2.05, 4.69) is 4.72 Å². The summed E-state index contributed by atoms with van der Waals surface area (Å²) in [6, 6.07) is 9.03. The van der Waals surface area contributed by atoms with Crippen molar-refractivity contribution in [2.24, 2.45) is 0 Å². The van der Waals surface area contributed by atoms with Crippen LogP contribution in [0.5, 0.6) is 11.5 Å². The van der Waals surface area contributed by atoms with E-state index in [-0.39, 0.29) is 16.5 Å². The average Bonchev–Trinajstić information content (AvgIpc) is 2.59. The Morgan fingerprint density at radius 2 is 1.96 bits per heavy atom. The first kappa shape index (κ1) is 20.3. The highest BCUT2D eigenvalue weighted by atomic mass is 35.5. The van der Waals surface area contributed by atoms with Crippen molar-refractivity contribution in [2.75, 3.05) is 23.3 Å². The van der Waals surface area contributed by atoms with E-state index >= 15 is 0 Å². The first-order chi connectivity index (χ1) is 13.0. The van der Waals surface area contributed by atoms with Crippen LogP contribution in [-0.2, 0) is 14.8 Å². The van der Waals surface area contributed by atoms with Crippen LogP contribution in [0.1, 0.15) is 20.8 Å². The van der Waals surface area contributed by atoms with E-state index in [1.54, 1.807) is 18.2 Å². The van der Waals surface area contributed by atoms with Crippen LogP contribution in [0.2, 0.25) is 5.02 Å². The van der Waals surface area contributed by atoms with Crippen LogP contribution < -0.4 is 19.1 Å². The molecule has 150 valence electrons. The Hall–Kier alpha value is -2.45. The molecule has 0 saturated carbocycles. The fourth-order valence-corrected chi connectivity index (χ4v) is 4.26. The Morgan fingerprint density at radius 1 is 1.25 bits per heavy atom. The van der Waals surface area contributed by atoms with E-state index in [1.165, 1.54) is 37.1 Å². The number of benzene rings is 2. The maximum absolute atomic E-state index is 12.9. The summed E-state index contributed by atoms with van der Waals surface area (Å²) >= 11 is 5.97. The highest BCUT2D eigenvalue weighted by Crippen LogP contribution is 2.39. The van der Waals surface area contributed by atoms with Gasteiger partial charge in [0, 0.05) is 11.9 Å². The van der Waals surface area contributed by atoms with Crippen molar-refractivity contribution in [3.63, 3.8) is 0 Å². The Morgan fingerprint density at radius 3 is 2.61 bits per heavy atom. The standard InChI is InChI=1S/C19H21ClN2O5S/c1-12(23)22-11-19(2,3)27-18-8-6-14(10-16(18)22)28(24,25)21-15-9-13(20)5-7-17(15)26-4/h5-10,21H,11H2,1-4H3. The van der Waals surface area contributed by atoms with Gasteiger partial charge in [-0.1, -0.05) is 11.6 Å². The maximum atomic E-state index is 12.9. The van der Waals surface area contributed by atoms with Gasteiger partial charge in [0.05, 0.1) is 29.9 Å². The molecule has 0 aromatic heterocycles. The van der Waals surface area contributed by atoms with Crippen molar-refractivity contribution in [1.29, 1.82) is 0 Å². The van der Waals surface area contributed by atoms with E-state index in [0.717, 1.165) is 0 Å². The van der Waals surface area contributed by atoms with Crippen LogP contribution in [0.4, 0.5) is 11.4 Å². The van der Waals surface area contributed by atoms with E-state index in [0.29, 0.717) is 28.8 Å². The summed E-state index contributed by atoms with van der Waals surface area (Å²) in [5.74, 6) is 0.587. The van der Waals surface area contributed by atoms with Crippen molar-refractivity contribution in [1.82, 2.24) is 0 Å². The second-order valence-corrected chi connectivity index (χ2v) is 9.17. The molecule has 0 unspecified atom stereocenters. The third kappa shape index (κ3) is 4.02. The fraction of sp³-hybridized carbons (Fsp3) is 0.316. The number of hydrogen-bond acceptors (Lipinski definition) is 5. The van der Waals surface area contributed by atoms with Gasteiger partial charge in [0.25, 0.3) is 10.0 Å². The molecule has 7 nitrogen and oxygen atoms in total. The van der Waals surface area contributed by atoms with Gasteiger partial charge in [-0.25, -0.2) is 8.42 Å². The summed E-state index contributed by atoms with van der Waals surface area (Å²) in [4.78, 5) is 13.6. The molecule has 3 rings (SSSR count). The molecule has 9 heteroatoms. The van der Waals surface area contributed by atoms with Crippen molar-refractivity contribution < 1.29 is 22.7 Å². The molecule has 0 bridgehead atoms. The second kappa shape index (κ2) is 7.18. The third-order valence-electron chi connectivity index (χ3n) is 4.24. The number of carbonyl (C=O) groups excluding carboxylic acids is 1. The lowest BCUT2D eigenvalue weighted by Gasteiger charge is -2.39. The molecule has 1 amide bonds. The zero-order valence-corrected chi connectivity index (χ0v) is 17.5. The van der Waals surface area contributed by atoms with Crippen LogP contribution in [0.3, 0.4) is 0 Å². The number of hydrogen-bond donors (Lipinski definition) is 1. The molecule has 1 heterocycles. The normalized spacial score (nSPS) is 15.4. The number of anilines is 2. The van der Waals surface area contributed by atoms with Gasteiger partial charge < -0.3 is 14.4 Å². The molecule has 0 saturated heterocycles. The van der Waals surface area contributed by atoms with Gasteiger partial charge in [0.15, 0.2) is 0 Å². The Labute approximate surface area is 169 Å². The molecule has 2 aromatic carbocycles. The number of fused-ring (bicyclic) bond motifs is 1. The molecule has 1 N–H and O–H groups in total. The van der Waals surface area contributed by atoms with Gasteiger partial charge >= 0.3 is 0 Å². The number of rotatable bonds is 4. The summed E-state index contributed by atoms with van der Waals surface area (Å²) in [6.07, 6.45) is 0. The monoisotopic (exact) mass is 424 g/mol. The zero-order chi connectivity index (χ0) is 20.7. The average molecular weight is 425 g/mol. The Kier molecular flexibility index (Phi) is 5.20. The number of methoxy groups -OCH3 is 1. The molecule has 1 aliphatic rings. The Bertz CT molecular complexity index is 1040. The maximum Gasteiger partial charge on any atom is 0.262 e. The van der Waals surface area contributed by atoms with Crippen molar-refractivity contribution in [3.8, 4) is 11.5 Å². The predicted octanol–water partition coefficient (Wildman–Crippen LogP) is 3.67. The van der Waals surface area contributed by atoms with Gasteiger partial charge in [-0.15, -0.1) is 0 Å². The van der Waals surface area contributed by atoms with E-state index in [4.69, 9.17) is 21.1 Å². The second-order valence-electron chi connectivity index (χ2n) is 7.05. The minimum absolute atomic E-state index is 0.0113. The number of sulfonamides is 1. The summed E-state index contributed by atoms with van der Waals surface area (Å²) in [5, 5.41) is 0.363. The number of ether oxygens (including phenoxy) is 2. The minimum atomic E-state index is -3.96. The number of nitrogens with one attached hydrogen (secondary N) is 1. The molecule has 1 aliphatic heterocycles. The van der Waals surface area contributed by atoms with Crippen molar-refractivity contribution in [2.45, 2.75) is 31.3 Å². The molecule has 0 spiro atoms. The SMILES string of the molecule is COc1ccc(Cl)cc1NS(=O)(=O)c1ccc2c(c1)N(C(C)=O)CC(C)(C)O2. The van der Waals surface area contributed by atoms with Crippen LogP contribution in [0.15, 0.2) is 41.3 Å². The van der Waals surface area contributed by atoms with Gasteiger partial charge in [0.1, 0.15) is 17.1 Å². The van der Waals surface area contributed by atoms with E-state index in [9.17, 15) is 13.2 Å². The number of nitrogens with zero attached hydrogens (tertiary/aromatic N) is 1. The molecule has 2 aromatic rings. The van der Waals surface area contributed by atoms with Gasteiger partial charge in [0.2, 0.25) is 5.91 Å². The fourth-order valence-electron chi connectivity index (χ4n) is 3.00. The summed E-state index contributed by atoms with van der Waals surface area (Å²) < 4.78 is 39.4. The molecular weight excluding hydrogens is 404 g/mol. The molecular formula is C19H21ClN2O5S. The first-order valence-electron chi connectivity index (χ1n) is 8.50. The molecule has 0 radical (unpaired) electrons. The lowest BCUT2D eigenvalue weighted by molar-refractivity contribution is -0.117. The Balaban J connectivity index is 2.02. The summed E-state index contributed by atoms with van der Waals surface area (Å²) in [5.41, 5.74) is 0.0483. The number of halogens is 1. The van der Waals surface area contributed by atoms with E-state index < -0.39 is 15.6 Å². The van der Waals surface area contributed by atoms with E-state index in [1.807, 2.05) is 13.8 Å². The lowest BCUT2D eigenvalue weighted by Crippen LogP contribution is -2.48. The first-order valence-corrected chi connectivity index (χ1v) is 10.4. The lowest BCUT2D eigenvalue weighted by atomic mass is 10.1. The van der Waals surface area contributed by atoms with Crippen molar-refractivity contribution >= 4 is 38.9 Å². The smallest absolute Gasteiger partial charge is 0.262 e. The van der Waals surface area contributed by atoms with Crippen LogP contribution in [-0.4, -0.2) is 33.6 Å². The molecule has 0 fully saturated rings. The number of carbonyl (C=O) groups is 1. The minimum Gasteiger partial charge on any atom is -0.495 e. The van der Waals surface area contributed by atoms with Gasteiger partial charge in [-0.2, -0.15) is 0 Å². The molecule has 28 heavy (non-hydrogen) atoms.